The van der Waals surface area contributed by atoms with Gasteiger partial charge in [-0.05, 0) is 37.0 Å². The highest BCUT2D eigenvalue weighted by Crippen LogP contribution is 2.48. The van der Waals surface area contributed by atoms with Gasteiger partial charge in [0, 0.05) is 18.8 Å². The molecule has 1 aromatic carbocycles. The van der Waals surface area contributed by atoms with Gasteiger partial charge in [-0.15, -0.1) is 0 Å². The minimum atomic E-state index is -3.86. The maximum Gasteiger partial charge on any atom is 0.321 e. The lowest BCUT2D eigenvalue weighted by atomic mass is 9.81. The highest BCUT2D eigenvalue weighted by atomic mass is 32.2. The molecule has 0 unspecified atom stereocenters. The quantitative estimate of drug-likeness (QED) is 0.748. The van der Waals surface area contributed by atoms with Crippen molar-refractivity contribution < 1.29 is 23.1 Å². The molecule has 130 valence electrons. The van der Waals surface area contributed by atoms with Gasteiger partial charge >= 0.3 is 12.0 Å². The van der Waals surface area contributed by atoms with Gasteiger partial charge in [0.05, 0.1) is 10.3 Å². The number of carboxylic acid groups (broad SMARTS) is 1. The van der Waals surface area contributed by atoms with Gasteiger partial charge in [0.1, 0.15) is 0 Å². The average Bonchev–Trinajstić information content (AvgIpc) is 3.04. The average molecular weight is 353 g/mol. The van der Waals surface area contributed by atoms with E-state index >= 15 is 0 Å². The van der Waals surface area contributed by atoms with E-state index in [1.165, 1.54) is 23.1 Å². The summed E-state index contributed by atoms with van der Waals surface area (Å²) >= 11 is 0. The van der Waals surface area contributed by atoms with Gasteiger partial charge in [0.2, 0.25) is 10.0 Å². The molecule has 2 atom stereocenters. The number of urea groups is 1. The van der Waals surface area contributed by atoms with E-state index in [4.69, 9.17) is 5.14 Å². The Morgan fingerprint density at radius 2 is 2.12 bits per heavy atom. The normalized spacial score (nSPS) is 26.2. The Hall–Kier alpha value is -2.13. The van der Waals surface area contributed by atoms with Crippen LogP contribution in [0, 0.1) is 11.3 Å². The molecule has 9 heteroatoms. The van der Waals surface area contributed by atoms with Gasteiger partial charge in [-0.25, -0.2) is 18.4 Å². The highest BCUT2D eigenvalue weighted by molar-refractivity contribution is 7.89. The van der Waals surface area contributed by atoms with Crippen LogP contribution in [0.25, 0.3) is 0 Å². The molecular weight excluding hydrogens is 334 g/mol. The molecule has 0 radical (unpaired) electrons. The first-order chi connectivity index (χ1) is 11.2. The predicted molar refractivity (Wildman–Crippen MR) is 85.8 cm³/mol. The maximum atomic E-state index is 12.4. The second-order valence-corrected chi connectivity index (χ2v) is 8.00. The molecule has 1 saturated carbocycles. The summed E-state index contributed by atoms with van der Waals surface area (Å²) in [6, 6.07) is 5.21. The van der Waals surface area contributed by atoms with E-state index in [1.54, 1.807) is 6.07 Å². The Morgan fingerprint density at radius 3 is 2.75 bits per heavy atom. The lowest BCUT2D eigenvalue weighted by molar-refractivity contribution is -0.149. The first-order valence-electron chi connectivity index (χ1n) is 7.64. The highest BCUT2D eigenvalue weighted by Gasteiger charge is 2.55. The summed E-state index contributed by atoms with van der Waals surface area (Å²) in [7, 11) is -3.86. The first kappa shape index (κ1) is 16.7. The zero-order chi connectivity index (χ0) is 17.5. The minimum Gasteiger partial charge on any atom is -0.481 e. The monoisotopic (exact) mass is 353 g/mol. The van der Waals surface area contributed by atoms with Crippen molar-refractivity contribution in [3.05, 3.63) is 24.3 Å². The number of likely N-dealkylation sites (tertiary alicyclic amines) is 1. The van der Waals surface area contributed by atoms with Crippen molar-refractivity contribution in [1.29, 1.82) is 0 Å². The van der Waals surface area contributed by atoms with E-state index in [0.717, 1.165) is 12.8 Å². The smallest absolute Gasteiger partial charge is 0.321 e. The molecule has 0 aromatic heterocycles. The molecule has 1 aromatic rings. The number of rotatable bonds is 3. The van der Waals surface area contributed by atoms with E-state index in [-0.39, 0.29) is 17.4 Å². The fourth-order valence-electron chi connectivity index (χ4n) is 3.75. The number of amides is 2. The number of sulfonamides is 1. The van der Waals surface area contributed by atoms with Crippen LogP contribution in [0.5, 0.6) is 0 Å². The zero-order valence-corrected chi connectivity index (χ0v) is 13.8. The summed E-state index contributed by atoms with van der Waals surface area (Å²) in [5, 5.41) is 17.2. The van der Waals surface area contributed by atoms with Crippen LogP contribution in [0.4, 0.5) is 10.5 Å². The van der Waals surface area contributed by atoms with Crippen molar-refractivity contribution in [2.24, 2.45) is 16.5 Å². The van der Waals surface area contributed by atoms with Crippen LogP contribution in [-0.2, 0) is 14.8 Å². The molecule has 8 nitrogen and oxygen atoms in total. The van der Waals surface area contributed by atoms with E-state index in [0.29, 0.717) is 18.7 Å². The van der Waals surface area contributed by atoms with Crippen LogP contribution in [-0.4, -0.2) is 43.5 Å². The number of aliphatic carboxylic acids is 1. The van der Waals surface area contributed by atoms with Crippen molar-refractivity contribution in [3.63, 3.8) is 0 Å². The number of carbonyl (C=O) groups excluding carboxylic acids is 1. The molecule has 24 heavy (non-hydrogen) atoms. The third-order valence-corrected chi connectivity index (χ3v) is 5.91. The van der Waals surface area contributed by atoms with Crippen LogP contribution in [0.1, 0.15) is 19.3 Å². The molecule has 2 amide bonds. The fraction of sp³-hybridized carbons (Fsp3) is 0.467. The number of carbonyl (C=O) groups is 2. The largest absolute Gasteiger partial charge is 0.481 e. The number of carboxylic acids is 1. The summed E-state index contributed by atoms with van der Waals surface area (Å²) in [5.41, 5.74) is -0.548. The lowest BCUT2D eigenvalue weighted by Gasteiger charge is -2.23. The van der Waals surface area contributed by atoms with Crippen molar-refractivity contribution in [2.45, 2.75) is 24.2 Å². The van der Waals surface area contributed by atoms with E-state index in [2.05, 4.69) is 5.32 Å². The molecule has 3 rings (SSSR count). The van der Waals surface area contributed by atoms with E-state index in [9.17, 15) is 23.1 Å². The second kappa shape index (κ2) is 5.75. The molecule has 4 N–H and O–H groups in total. The lowest BCUT2D eigenvalue weighted by Crippen LogP contribution is -2.38. The number of primary sulfonamides is 1. The number of benzene rings is 1. The van der Waals surface area contributed by atoms with Crippen molar-refractivity contribution in [1.82, 2.24) is 4.90 Å². The number of hydrogen-bond acceptors (Lipinski definition) is 4. The molecular formula is C15H19N3O5S. The fourth-order valence-corrected chi connectivity index (χ4v) is 4.31. The molecule has 2 fully saturated rings. The summed E-state index contributed by atoms with van der Waals surface area (Å²) in [6.07, 6.45) is 2.25. The Labute approximate surface area is 139 Å². The van der Waals surface area contributed by atoms with Crippen LogP contribution in [0.3, 0.4) is 0 Å². The third kappa shape index (κ3) is 2.84. The van der Waals surface area contributed by atoms with Gasteiger partial charge in [-0.1, -0.05) is 12.5 Å². The van der Waals surface area contributed by atoms with Crippen molar-refractivity contribution in [3.8, 4) is 0 Å². The van der Waals surface area contributed by atoms with Gasteiger partial charge in [-0.2, -0.15) is 0 Å². The van der Waals surface area contributed by atoms with Crippen LogP contribution in [0.15, 0.2) is 29.2 Å². The Bertz CT molecular complexity index is 794. The Balaban J connectivity index is 1.74. The summed E-state index contributed by atoms with van der Waals surface area (Å²) < 4.78 is 22.7. The van der Waals surface area contributed by atoms with Crippen LogP contribution in [0.2, 0.25) is 0 Å². The van der Waals surface area contributed by atoms with Crippen molar-refractivity contribution >= 4 is 27.7 Å². The first-order valence-corrected chi connectivity index (χ1v) is 9.19. The van der Waals surface area contributed by atoms with Gasteiger partial charge in [0.15, 0.2) is 0 Å². The molecule has 1 aliphatic carbocycles. The number of nitrogens with one attached hydrogen (secondary N) is 1. The minimum absolute atomic E-state index is 0.0310. The molecule has 1 saturated heterocycles. The van der Waals surface area contributed by atoms with E-state index < -0.39 is 27.4 Å². The number of anilines is 1. The number of nitrogens with two attached hydrogens (primary N) is 1. The van der Waals surface area contributed by atoms with Gasteiger partial charge in [0.25, 0.3) is 0 Å². The predicted octanol–water partition coefficient (Wildman–Crippen LogP) is 1.05. The molecule has 0 bridgehead atoms. The van der Waals surface area contributed by atoms with Crippen molar-refractivity contribution in [2.75, 3.05) is 18.4 Å². The number of hydrogen-bond donors (Lipinski definition) is 3. The van der Waals surface area contributed by atoms with Gasteiger partial charge in [-0.3, -0.25) is 4.79 Å². The molecule has 1 heterocycles. The molecule has 2 aliphatic rings. The van der Waals surface area contributed by atoms with Crippen LogP contribution < -0.4 is 10.5 Å². The zero-order valence-electron chi connectivity index (χ0n) is 12.9. The molecule has 0 spiro atoms. The topological polar surface area (TPSA) is 130 Å². The Kier molecular flexibility index (Phi) is 4.00. The van der Waals surface area contributed by atoms with Gasteiger partial charge < -0.3 is 15.3 Å². The SMILES string of the molecule is NS(=O)(=O)c1cccc(NC(=O)N2C[C@@H]3CCC[C@@]3(C(=O)O)C2)c1. The maximum absolute atomic E-state index is 12.4. The summed E-state index contributed by atoms with van der Waals surface area (Å²) in [6.45, 7) is 0.570. The van der Waals surface area contributed by atoms with E-state index in [1.807, 2.05) is 0 Å². The number of nitrogens with zero attached hydrogens (tertiary/aromatic N) is 1. The third-order valence-electron chi connectivity index (χ3n) is 5.00. The summed E-state index contributed by atoms with van der Waals surface area (Å²) in [4.78, 5) is 25.5. The Morgan fingerprint density at radius 1 is 1.38 bits per heavy atom. The van der Waals surface area contributed by atoms with Crippen LogP contribution >= 0.6 is 0 Å². The molecule has 1 aliphatic heterocycles. The summed E-state index contributed by atoms with van der Waals surface area (Å²) in [5.74, 6) is -0.881. The number of fused-ring (bicyclic) bond motifs is 1. The second-order valence-electron chi connectivity index (χ2n) is 6.43. The standard InChI is InChI=1S/C15H19N3O5S/c16-24(22,23)12-5-1-4-11(7-12)17-14(21)18-8-10-3-2-6-15(10,9-18)13(19)20/h1,4-5,7,10H,2-3,6,8-9H2,(H,17,21)(H,19,20)(H2,16,22,23)/t10-,15+/m0/s1.